The maximum atomic E-state index is 3.90. The van der Waals surface area contributed by atoms with Crippen LogP contribution in [0.2, 0.25) is 0 Å². The Kier molecular flexibility index (Phi) is 23.1. The second-order valence-corrected chi connectivity index (χ2v) is 7.57. The molecule has 0 saturated heterocycles. The summed E-state index contributed by atoms with van der Waals surface area (Å²) in [5.41, 5.74) is 0. The van der Waals surface area contributed by atoms with Crippen molar-refractivity contribution in [3.8, 4) is 11.8 Å². The van der Waals surface area contributed by atoms with Crippen LogP contribution in [0.3, 0.4) is 0 Å². The Labute approximate surface area is 160 Å². The zero-order chi connectivity index (χ0) is 18.3. The molecule has 0 saturated carbocycles. The SMILES string of the molecule is [CH2]CC#CCCCCCCCCCCCCCCCCCCCC[CH2]. The van der Waals surface area contributed by atoms with Crippen LogP contribution in [0.1, 0.15) is 135 Å². The average Bonchev–Trinajstić information content (AvgIpc) is 2.63. The third-order valence-corrected chi connectivity index (χ3v) is 5.05. The fraction of sp³-hybridized carbons (Fsp3) is 0.840. The predicted octanol–water partition coefficient (Wildman–Crippen LogP) is 8.85. The van der Waals surface area contributed by atoms with Gasteiger partial charge in [0.15, 0.2) is 0 Å². The van der Waals surface area contributed by atoms with Crippen LogP contribution >= 0.6 is 0 Å². The maximum Gasteiger partial charge on any atom is 0.00890 e. The van der Waals surface area contributed by atoms with Gasteiger partial charge < -0.3 is 0 Å². The molecule has 0 spiro atoms. The van der Waals surface area contributed by atoms with Crippen molar-refractivity contribution in [1.29, 1.82) is 0 Å². The van der Waals surface area contributed by atoms with Crippen LogP contribution in [-0.4, -0.2) is 0 Å². The van der Waals surface area contributed by atoms with Crippen molar-refractivity contribution in [2.24, 2.45) is 0 Å². The first kappa shape index (κ1) is 24.6. The second kappa shape index (κ2) is 23.6. The minimum atomic E-state index is 0.761. The van der Waals surface area contributed by atoms with Crippen LogP contribution in [0.5, 0.6) is 0 Å². The van der Waals surface area contributed by atoms with E-state index >= 15 is 0 Å². The van der Waals surface area contributed by atoms with E-state index in [0.717, 1.165) is 19.3 Å². The van der Waals surface area contributed by atoms with E-state index in [2.05, 4.69) is 25.7 Å². The Balaban J connectivity index is 2.98. The van der Waals surface area contributed by atoms with E-state index in [0.29, 0.717) is 0 Å². The molecule has 0 nitrogen and oxygen atoms in total. The summed E-state index contributed by atoms with van der Waals surface area (Å²) >= 11 is 0. The van der Waals surface area contributed by atoms with Crippen LogP contribution in [0.25, 0.3) is 0 Å². The van der Waals surface area contributed by atoms with Gasteiger partial charge >= 0.3 is 0 Å². The summed E-state index contributed by atoms with van der Waals surface area (Å²) in [6, 6.07) is 0. The third-order valence-electron chi connectivity index (χ3n) is 5.05. The van der Waals surface area contributed by atoms with Crippen molar-refractivity contribution >= 4 is 0 Å². The molecule has 0 atom stereocenters. The molecule has 25 heavy (non-hydrogen) atoms. The minimum absolute atomic E-state index is 0.761. The highest BCUT2D eigenvalue weighted by Crippen LogP contribution is 2.14. The van der Waals surface area contributed by atoms with Gasteiger partial charge in [0.25, 0.3) is 0 Å². The molecule has 0 aromatic carbocycles. The molecule has 0 fully saturated rings. The van der Waals surface area contributed by atoms with Crippen molar-refractivity contribution in [1.82, 2.24) is 0 Å². The molecule has 0 aromatic heterocycles. The Hall–Kier alpha value is -0.440. The summed E-state index contributed by atoms with van der Waals surface area (Å²) in [5, 5.41) is 0. The van der Waals surface area contributed by atoms with Gasteiger partial charge in [-0.2, -0.15) is 0 Å². The first-order valence-corrected chi connectivity index (χ1v) is 11.5. The van der Waals surface area contributed by atoms with Crippen molar-refractivity contribution in [2.75, 3.05) is 0 Å². The van der Waals surface area contributed by atoms with Gasteiger partial charge in [0.05, 0.1) is 0 Å². The lowest BCUT2D eigenvalue weighted by Gasteiger charge is -2.03. The Morgan fingerprint density at radius 3 is 1.00 bits per heavy atom. The first-order valence-electron chi connectivity index (χ1n) is 11.5. The molecule has 0 aliphatic heterocycles. The van der Waals surface area contributed by atoms with E-state index in [1.807, 2.05) is 0 Å². The van der Waals surface area contributed by atoms with E-state index in [1.54, 1.807) is 0 Å². The van der Waals surface area contributed by atoms with Crippen LogP contribution < -0.4 is 0 Å². The van der Waals surface area contributed by atoms with Gasteiger partial charge in [-0.1, -0.05) is 122 Å². The van der Waals surface area contributed by atoms with E-state index < -0.39 is 0 Å². The third kappa shape index (κ3) is 23.6. The molecule has 0 heteroatoms. The summed E-state index contributed by atoms with van der Waals surface area (Å²) in [7, 11) is 0. The smallest absolute Gasteiger partial charge is 0.00890 e. The lowest BCUT2D eigenvalue weighted by atomic mass is 10.0. The van der Waals surface area contributed by atoms with Crippen LogP contribution in [-0.2, 0) is 0 Å². The molecule has 0 bridgehead atoms. The second-order valence-electron chi connectivity index (χ2n) is 7.57. The molecule has 0 aromatic rings. The molecule has 0 unspecified atom stereocenters. The standard InChI is InChI=1S/C25H46/c1-3-5-7-9-11-13-15-17-19-21-23-25-24-22-20-18-16-14-12-10-8-6-4-2/h1-5,7,9-25H2. The van der Waals surface area contributed by atoms with Gasteiger partial charge in [-0.15, -0.1) is 11.8 Å². The Morgan fingerprint density at radius 1 is 0.360 bits per heavy atom. The molecule has 0 N–H and O–H groups in total. The monoisotopic (exact) mass is 346 g/mol. The summed E-state index contributed by atoms with van der Waals surface area (Å²) in [4.78, 5) is 0. The highest BCUT2D eigenvalue weighted by atomic mass is 14.0. The predicted molar refractivity (Wildman–Crippen MR) is 115 cm³/mol. The summed E-state index contributed by atoms with van der Waals surface area (Å²) in [6.07, 6.45) is 28.6. The number of rotatable bonds is 19. The molecule has 0 rings (SSSR count). The van der Waals surface area contributed by atoms with Crippen LogP contribution in [0.15, 0.2) is 0 Å². The van der Waals surface area contributed by atoms with Gasteiger partial charge in [-0.25, -0.2) is 0 Å². The quantitative estimate of drug-likeness (QED) is 0.162. The summed E-state index contributed by atoms with van der Waals surface area (Å²) < 4.78 is 0. The first-order chi connectivity index (χ1) is 12.4. The molecule has 0 amide bonds. The molecule has 0 aliphatic rings. The molecule has 0 heterocycles. The Morgan fingerprint density at radius 2 is 0.680 bits per heavy atom. The molecule has 146 valence electrons. The van der Waals surface area contributed by atoms with Gasteiger partial charge in [0, 0.05) is 12.8 Å². The minimum Gasteiger partial charge on any atom is -0.103 e. The van der Waals surface area contributed by atoms with Gasteiger partial charge in [0.1, 0.15) is 0 Å². The van der Waals surface area contributed by atoms with Gasteiger partial charge in [-0.3, -0.25) is 0 Å². The van der Waals surface area contributed by atoms with E-state index in [9.17, 15) is 0 Å². The highest BCUT2D eigenvalue weighted by molar-refractivity contribution is 4.98. The normalized spacial score (nSPS) is 10.6. The summed E-state index contributed by atoms with van der Waals surface area (Å²) in [6.45, 7) is 7.63. The molecular formula is C25H46. The zero-order valence-electron chi connectivity index (χ0n) is 17.3. The average molecular weight is 347 g/mol. The van der Waals surface area contributed by atoms with E-state index in [4.69, 9.17) is 0 Å². The van der Waals surface area contributed by atoms with E-state index in [-0.39, 0.29) is 0 Å². The number of unbranched alkanes of at least 4 members (excludes halogenated alkanes) is 19. The van der Waals surface area contributed by atoms with Gasteiger partial charge in [0.2, 0.25) is 0 Å². The topological polar surface area (TPSA) is 0 Å². The largest absolute Gasteiger partial charge is 0.103 e. The lowest BCUT2D eigenvalue weighted by Crippen LogP contribution is -1.84. The lowest BCUT2D eigenvalue weighted by molar-refractivity contribution is 0.524. The van der Waals surface area contributed by atoms with Crippen molar-refractivity contribution in [3.63, 3.8) is 0 Å². The molecule has 2 radical (unpaired) electrons. The number of hydrogen-bond acceptors (Lipinski definition) is 0. The molecular weight excluding hydrogens is 300 g/mol. The molecule has 0 aliphatic carbocycles. The maximum absolute atomic E-state index is 3.90. The van der Waals surface area contributed by atoms with Crippen molar-refractivity contribution < 1.29 is 0 Å². The fourth-order valence-corrected chi connectivity index (χ4v) is 3.40. The van der Waals surface area contributed by atoms with Gasteiger partial charge in [-0.05, 0) is 13.3 Å². The van der Waals surface area contributed by atoms with E-state index in [1.165, 1.54) is 116 Å². The van der Waals surface area contributed by atoms with Crippen molar-refractivity contribution in [3.05, 3.63) is 13.8 Å². The number of hydrogen-bond donors (Lipinski definition) is 0. The highest BCUT2D eigenvalue weighted by Gasteiger charge is 1.95. The van der Waals surface area contributed by atoms with Crippen molar-refractivity contribution in [2.45, 2.75) is 135 Å². The zero-order valence-corrected chi connectivity index (χ0v) is 17.3. The summed E-state index contributed by atoms with van der Waals surface area (Å²) in [5.74, 6) is 6.22. The fourth-order valence-electron chi connectivity index (χ4n) is 3.40. The van der Waals surface area contributed by atoms with Crippen LogP contribution in [0, 0.1) is 25.7 Å². The van der Waals surface area contributed by atoms with Crippen LogP contribution in [0.4, 0.5) is 0 Å². The Bertz CT molecular complexity index is 280.